The molecular formula is C19H25BrN2O5. The van der Waals surface area contributed by atoms with Gasteiger partial charge in [0.25, 0.3) is 0 Å². The third-order valence-corrected chi connectivity index (χ3v) is 4.85. The Morgan fingerprint density at radius 1 is 1.19 bits per heavy atom. The summed E-state index contributed by atoms with van der Waals surface area (Å²) in [5.74, 6) is 0.882. The molecule has 0 bridgehead atoms. The van der Waals surface area contributed by atoms with Gasteiger partial charge in [0.05, 0.1) is 33.9 Å². The Hall–Kier alpha value is -2.35. The van der Waals surface area contributed by atoms with Crippen molar-refractivity contribution in [3.8, 4) is 17.2 Å². The van der Waals surface area contributed by atoms with Crippen molar-refractivity contribution in [1.82, 2.24) is 10.2 Å². The largest absolute Gasteiger partial charge is 0.493 e. The molecule has 7 nitrogen and oxygen atoms in total. The standard InChI is InChI=1S/C19H25BrN2O5/c1-7-27-19(23)16-15(20)14(12(21-16)10-22(2)3)11-8-9-13(24-4)18(26-6)17(11)25-5/h8-10,14,21H,7H2,1-6H3. The van der Waals surface area contributed by atoms with Crippen LogP contribution in [0, 0.1) is 0 Å². The number of hydrogen-bond acceptors (Lipinski definition) is 7. The molecular weight excluding hydrogens is 416 g/mol. The topological polar surface area (TPSA) is 69.3 Å². The van der Waals surface area contributed by atoms with Crippen molar-refractivity contribution in [2.24, 2.45) is 0 Å². The quantitative estimate of drug-likeness (QED) is 0.653. The fourth-order valence-electron chi connectivity index (χ4n) is 2.95. The van der Waals surface area contributed by atoms with Gasteiger partial charge in [0.2, 0.25) is 5.75 Å². The minimum absolute atomic E-state index is 0.290. The smallest absolute Gasteiger partial charge is 0.355 e. The summed E-state index contributed by atoms with van der Waals surface area (Å²) in [4.78, 5) is 14.3. The SMILES string of the molecule is CCOC(=O)C1=C(Br)C(c2ccc(OC)c(OC)c2OC)C(=CN(C)C)N1. The molecule has 0 spiro atoms. The molecule has 148 valence electrons. The minimum atomic E-state index is -0.420. The number of carbonyl (C=O) groups excluding carboxylic acids is 1. The lowest BCUT2D eigenvalue weighted by molar-refractivity contribution is -0.138. The molecule has 1 atom stereocenters. The van der Waals surface area contributed by atoms with Crippen LogP contribution < -0.4 is 19.5 Å². The summed E-state index contributed by atoms with van der Waals surface area (Å²) in [6.07, 6.45) is 1.91. The highest BCUT2D eigenvalue weighted by atomic mass is 79.9. The maximum absolute atomic E-state index is 12.4. The average Bonchev–Trinajstić information content (AvgIpc) is 2.95. The molecule has 1 aromatic rings. The normalized spacial score (nSPS) is 17.6. The number of nitrogens with zero attached hydrogens (tertiary/aromatic N) is 1. The van der Waals surface area contributed by atoms with Gasteiger partial charge in [0.1, 0.15) is 5.70 Å². The molecule has 0 saturated heterocycles. The van der Waals surface area contributed by atoms with Gasteiger partial charge in [0, 0.05) is 36.0 Å². The van der Waals surface area contributed by atoms with Crippen LogP contribution in [0.4, 0.5) is 0 Å². The fourth-order valence-corrected chi connectivity index (χ4v) is 3.70. The van der Waals surface area contributed by atoms with Gasteiger partial charge in [-0.3, -0.25) is 0 Å². The summed E-state index contributed by atoms with van der Waals surface area (Å²) in [7, 11) is 8.52. The molecule has 0 fully saturated rings. The van der Waals surface area contributed by atoms with E-state index in [-0.39, 0.29) is 5.92 Å². The molecule has 1 N–H and O–H groups in total. The van der Waals surface area contributed by atoms with E-state index in [1.165, 1.54) is 0 Å². The van der Waals surface area contributed by atoms with Crippen LogP contribution >= 0.6 is 15.9 Å². The fraction of sp³-hybridized carbons (Fsp3) is 0.421. The van der Waals surface area contributed by atoms with E-state index in [0.717, 1.165) is 11.3 Å². The van der Waals surface area contributed by atoms with Gasteiger partial charge < -0.3 is 29.2 Å². The summed E-state index contributed by atoms with van der Waals surface area (Å²) in [6.45, 7) is 2.06. The van der Waals surface area contributed by atoms with Gasteiger partial charge in [0.15, 0.2) is 11.5 Å². The van der Waals surface area contributed by atoms with Crippen molar-refractivity contribution in [2.75, 3.05) is 42.0 Å². The van der Waals surface area contributed by atoms with Crippen LogP contribution in [0.15, 0.2) is 34.2 Å². The molecule has 0 aromatic heterocycles. The van der Waals surface area contributed by atoms with Crippen molar-refractivity contribution >= 4 is 21.9 Å². The Morgan fingerprint density at radius 2 is 1.85 bits per heavy atom. The van der Waals surface area contributed by atoms with Gasteiger partial charge in [-0.1, -0.05) is 22.0 Å². The van der Waals surface area contributed by atoms with E-state index < -0.39 is 5.97 Å². The molecule has 1 aliphatic heterocycles. The number of hydrogen-bond donors (Lipinski definition) is 1. The number of benzene rings is 1. The lowest BCUT2D eigenvalue weighted by atomic mass is 9.95. The van der Waals surface area contributed by atoms with E-state index in [1.54, 1.807) is 28.3 Å². The highest BCUT2D eigenvalue weighted by Gasteiger charge is 2.37. The van der Waals surface area contributed by atoms with Crippen molar-refractivity contribution in [2.45, 2.75) is 12.8 Å². The number of rotatable bonds is 7. The minimum Gasteiger partial charge on any atom is -0.493 e. The van der Waals surface area contributed by atoms with Crippen molar-refractivity contribution in [1.29, 1.82) is 0 Å². The Kier molecular flexibility index (Phi) is 7.01. The lowest BCUT2D eigenvalue weighted by Gasteiger charge is -2.21. The molecule has 1 heterocycles. The highest BCUT2D eigenvalue weighted by molar-refractivity contribution is 9.11. The second kappa shape index (κ2) is 9.03. The van der Waals surface area contributed by atoms with E-state index >= 15 is 0 Å². The van der Waals surface area contributed by atoms with Gasteiger partial charge in [-0.15, -0.1) is 0 Å². The van der Waals surface area contributed by atoms with Crippen LogP contribution in [-0.4, -0.2) is 52.9 Å². The average molecular weight is 441 g/mol. The molecule has 8 heteroatoms. The number of nitrogens with one attached hydrogen (secondary N) is 1. The lowest BCUT2D eigenvalue weighted by Crippen LogP contribution is -2.20. The highest BCUT2D eigenvalue weighted by Crippen LogP contribution is 2.49. The monoisotopic (exact) mass is 440 g/mol. The van der Waals surface area contributed by atoms with Crippen LogP contribution in [0.25, 0.3) is 0 Å². The van der Waals surface area contributed by atoms with Crippen molar-refractivity contribution < 1.29 is 23.7 Å². The maximum Gasteiger partial charge on any atom is 0.355 e. The molecule has 1 unspecified atom stereocenters. The molecule has 2 rings (SSSR count). The summed E-state index contributed by atoms with van der Waals surface area (Å²) in [5.41, 5.74) is 1.99. The Balaban J connectivity index is 2.66. The first-order chi connectivity index (χ1) is 12.9. The number of esters is 1. The molecule has 1 aliphatic rings. The van der Waals surface area contributed by atoms with E-state index in [9.17, 15) is 4.79 Å². The van der Waals surface area contributed by atoms with Crippen LogP contribution in [0.2, 0.25) is 0 Å². The van der Waals surface area contributed by atoms with Gasteiger partial charge in [-0.05, 0) is 13.0 Å². The zero-order valence-corrected chi connectivity index (χ0v) is 18.0. The number of ether oxygens (including phenoxy) is 4. The van der Waals surface area contributed by atoms with E-state index in [4.69, 9.17) is 18.9 Å². The molecule has 0 saturated carbocycles. The molecule has 27 heavy (non-hydrogen) atoms. The van der Waals surface area contributed by atoms with Gasteiger partial charge in [-0.2, -0.15) is 0 Å². The Morgan fingerprint density at radius 3 is 2.37 bits per heavy atom. The number of allylic oxidation sites excluding steroid dienone is 1. The Labute approximate surface area is 168 Å². The zero-order chi connectivity index (χ0) is 20.1. The van der Waals surface area contributed by atoms with Crippen LogP contribution in [0.1, 0.15) is 18.4 Å². The third-order valence-electron chi connectivity index (χ3n) is 4.00. The van der Waals surface area contributed by atoms with E-state index in [2.05, 4.69) is 21.2 Å². The van der Waals surface area contributed by atoms with Gasteiger partial charge >= 0.3 is 5.97 Å². The zero-order valence-electron chi connectivity index (χ0n) is 16.4. The summed E-state index contributed by atoms with van der Waals surface area (Å²) >= 11 is 3.58. The number of carbonyl (C=O) groups is 1. The predicted octanol–water partition coefficient (Wildman–Crippen LogP) is 2.97. The van der Waals surface area contributed by atoms with Crippen molar-refractivity contribution in [3.63, 3.8) is 0 Å². The Bertz CT molecular complexity index is 774. The predicted molar refractivity (Wildman–Crippen MR) is 106 cm³/mol. The number of methoxy groups -OCH3 is 3. The van der Waals surface area contributed by atoms with E-state index in [0.29, 0.717) is 34.0 Å². The molecule has 0 aliphatic carbocycles. The first kappa shape index (κ1) is 21.0. The molecule has 1 aromatic carbocycles. The van der Waals surface area contributed by atoms with E-state index in [1.807, 2.05) is 37.3 Å². The second-order valence-electron chi connectivity index (χ2n) is 5.97. The van der Waals surface area contributed by atoms with Crippen LogP contribution in [-0.2, 0) is 9.53 Å². The van der Waals surface area contributed by atoms with Crippen LogP contribution in [0.5, 0.6) is 17.2 Å². The molecule has 0 radical (unpaired) electrons. The third kappa shape index (κ3) is 4.16. The second-order valence-corrected chi connectivity index (χ2v) is 6.83. The summed E-state index contributed by atoms with van der Waals surface area (Å²) < 4.78 is 22.3. The summed E-state index contributed by atoms with van der Waals surface area (Å²) in [5, 5.41) is 3.17. The maximum atomic E-state index is 12.4. The van der Waals surface area contributed by atoms with Crippen LogP contribution in [0.3, 0.4) is 0 Å². The van der Waals surface area contributed by atoms with Crippen molar-refractivity contribution in [3.05, 3.63) is 39.8 Å². The first-order valence-corrected chi connectivity index (χ1v) is 9.19. The molecule has 0 amide bonds. The first-order valence-electron chi connectivity index (χ1n) is 8.40. The van der Waals surface area contributed by atoms with Gasteiger partial charge in [-0.25, -0.2) is 4.79 Å². The summed E-state index contributed by atoms with van der Waals surface area (Å²) in [6, 6.07) is 3.71. The number of halogens is 1.